The minimum absolute atomic E-state index is 0.0389. The number of hydrogen-bond donors (Lipinski definition) is 0. The third kappa shape index (κ3) is 4.36. The molecule has 0 unspecified atom stereocenters. The molecule has 0 amide bonds. The van der Waals surface area contributed by atoms with Crippen LogP contribution in [0.2, 0.25) is 0 Å². The third-order valence-corrected chi connectivity index (χ3v) is 8.28. The number of sulfone groups is 1. The minimum Gasteiger partial charge on any atom is -0.228 e. The zero-order valence-electron chi connectivity index (χ0n) is 16.2. The molecule has 9 nitrogen and oxygen atoms in total. The summed E-state index contributed by atoms with van der Waals surface area (Å²) in [5, 5.41) is 10.4. The summed E-state index contributed by atoms with van der Waals surface area (Å²) in [7, 11) is -4.54. The summed E-state index contributed by atoms with van der Waals surface area (Å²) < 4.78 is 53.1. The fraction of sp³-hybridized carbons (Fsp3) is 0.278. The molecule has 3 rings (SSSR count). The van der Waals surface area contributed by atoms with Gasteiger partial charge in [-0.2, -0.15) is 4.68 Å². The molecule has 2 aromatic carbocycles. The molecule has 29 heavy (non-hydrogen) atoms. The van der Waals surface area contributed by atoms with E-state index in [1.165, 1.54) is 43.9 Å². The second kappa shape index (κ2) is 8.01. The van der Waals surface area contributed by atoms with Crippen LogP contribution in [0.1, 0.15) is 23.6 Å². The van der Waals surface area contributed by atoms with Gasteiger partial charge in [0.25, 0.3) is 0 Å². The monoisotopic (exact) mass is 435 g/mol. The lowest BCUT2D eigenvalue weighted by Gasteiger charge is -2.15. The molecule has 0 saturated heterocycles. The van der Waals surface area contributed by atoms with Crippen LogP contribution in [0.4, 0.5) is 0 Å². The quantitative estimate of drug-likeness (QED) is 0.553. The van der Waals surface area contributed by atoms with Gasteiger partial charge in [-0.1, -0.05) is 30.3 Å². The van der Waals surface area contributed by atoms with E-state index >= 15 is 0 Å². The first kappa shape index (κ1) is 21.1. The van der Waals surface area contributed by atoms with E-state index in [0.29, 0.717) is 11.3 Å². The van der Waals surface area contributed by atoms with Gasteiger partial charge in [0.15, 0.2) is 15.7 Å². The number of rotatable bonds is 7. The van der Waals surface area contributed by atoms with Gasteiger partial charge >= 0.3 is 0 Å². The van der Waals surface area contributed by atoms with Crippen molar-refractivity contribution < 1.29 is 16.8 Å². The topological polar surface area (TPSA) is 115 Å². The molecule has 1 atom stereocenters. The van der Waals surface area contributed by atoms with Gasteiger partial charge < -0.3 is 0 Å². The van der Waals surface area contributed by atoms with Crippen LogP contribution in [-0.2, 0) is 25.6 Å². The van der Waals surface area contributed by atoms with E-state index in [9.17, 15) is 16.8 Å². The first-order valence-electron chi connectivity index (χ1n) is 8.69. The molecule has 0 radical (unpaired) electrons. The van der Waals surface area contributed by atoms with Crippen molar-refractivity contribution in [3.8, 4) is 5.69 Å². The van der Waals surface area contributed by atoms with Crippen molar-refractivity contribution in [2.75, 3.05) is 14.1 Å². The Labute approximate surface area is 169 Å². The van der Waals surface area contributed by atoms with Crippen LogP contribution in [0.15, 0.2) is 59.5 Å². The number of nitrogens with zero attached hydrogens (tertiary/aromatic N) is 5. The smallest absolute Gasteiger partial charge is 0.228 e. The molecular formula is C18H21N5O4S2. The summed E-state index contributed by atoms with van der Waals surface area (Å²) in [6.45, 7) is 1.51. The fourth-order valence-corrected chi connectivity index (χ4v) is 5.06. The van der Waals surface area contributed by atoms with Crippen molar-refractivity contribution in [3.05, 3.63) is 66.0 Å². The Kier molecular flexibility index (Phi) is 5.82. The molecule has 154 valence electrons. The first-order valence-corrected chi connectivity index (χ1v) is 11.9. The van der Waals surface area contributed by atoms with E-state index in [0.717, 1.165) is 4.31 Å². The lowest BCUT2D eigenvalue weighted by atomic mass is 10.2. The fourth-order valence-electron chi connectivity index (χ4n) is 2.73. The highest BCUT2D eigenvalue weighted by molar-refractivity contribution is 7.90. The maximum absolute atomic E-state index is 13.0. The van der Waals surface area contributed by atoms with Crippen molar-refractivity contribution in [2.45, 2.75) is 22.8 Å². The highest BCUT2D eigenvalue weighted by Crippen LogP contribution is 2.26. The zero-order valence-corrected chi connectivity index (χ0v) is 17.8. The molecule has 0 aliphatic heterocycles. The number of tetrazole rings is 1. The van der Waals surface area contributed by atoms with E-state index < -0.39 is 25.1 Å². The average Bonchev–Trinajstić information content (AvgIpc) is 3.17. The summed E-state index contributed by atoms with van der Waals surface area (Å²) in [5.74, 6) is -0.152. The van der Waals surface area contributed by atoms with Gasteiger partial charge in [0, 0.05) is 14.1 Å². The van der Waals surface area contributed by atoms with Crippen molar-refractivity contribution in [2.24, 2.45) is 0 Å². The minimum atomic E-state index is -3.72. The number of hydrogen-bond acceptors (Lipinski definition) is 7. The maximum Gasteiger partial charge on any atom is 0.242 e. The number of sulfonamides is 1. The van der Waals surface area contributed by atoms with Gasteiger partial charge in [0.2, 0.25) is 10.0 Å². The molecule has 0 spiro atoms. The van der Waals surface area contributed by atoms with Crippen LogP contribution >= 0.6 is 0 Å². The largest absolute Gasteiger partial charge is 0.242 e. The standard InChI is InChI=1S/C18H21N5O4S2/c1-14(18-19-20-21-23(18)16-9-5-4-6-10-16)28(24,25)13-15-8-7-11-17(12-15)29(26,27)22(2)3/h4-12,14H,13H2,1-3H3/t14-/m0/s1. The Morgan fingerprint density at radius 2 is 1.69 bits per heavy atom. The van der Waals surface area contributed by atoms with E-state index in [-0.39, 0.29) is 16.5 Å². The third-order valence-electron chi connectivity index (χ3n) is 4.44. The Hall–Kier alpha value is -2.63. The van der Waals surface area contributed by atoms with Crippen LogP contribution in [0, 0.1) is 0 Å². The predicted octanol–water partition coefficient (Wildman–Crippen LogP) is 1.59. The SMILES string of the molecule is C[C@@H](c1nnnn1-c1ccccc1)S(=O)(=O)Cc1cccc(S(=O)(=O)N(C)C)c1. The summed E-state index contributed by atoms with van der Waals surface area (Å²) in [4.78, 5) is 0.0389. The van der Waals surface area contributed by atoms with E-state index in [4.69, 9.17) is 0 Å². The summed E-state index contributed by atoms with van der Waals surface area (Å²) in [6, 6.07) is 14.9. The van der Waals surface area contributed by atoms with Gasteiger partial charge in [-0.05, 0) is 47.2 Å². The van der Waals surface area contributed by atoms with Gasteiger partial charge in [-0.15, -0.1) is 5.10 Å². The molecular weight excluding hydrogens is 414 g/mol. The van der Waals surface area contributed by atoms with E-state index in [1.807, 2.05) is 6.07 Å². The molecule has 1 heterocycles. The van der Waals surface area contributed by atoms with Gasteiger partial charge in [-0.25, -0.2) is 21.1 Å². The van der Waals surface area contributed by atoms with Gasteiger partial charge in [-0.3, -0.25) is 0 Å². The lowest BCUT2D eigenvalue weighted by molar-refractivity contribution is 0.520. The molecule has 0 fully saturated rings. The Morgan fingerprint density at radius 1 is 1.00 bits per heavy atom. The molecule has 0 aliphatic carbocycles. The lowest BCUT2D eigenvalue weighted by Crippen LogP contribution is -2.22. The summed E-state index contributed by atoms with van der Waals surface area (Å²) >= 11 is 0. The maximum atomic E-state index is 13.0. The Bertz CT molecular complexity index is 1210. The number of benzene rings is 2. The van der Waals surface area contributed by atoms with E-state index in [1.54, 1.807) is 30.3 Å². The molecule has 1 aromatic heterocycles. The summed E-state index contributed by atoms with van der Waals surface area (Å²) in [5.41, 5.74) is 1.02. The van der Waals surface area contributed by atoms with Crippen LogP contribution in [-0.4, -0.2) is 55.4 Å². The second-order valence-electron chi connectivity index (χ2n) is 6.67. The number of aromatic nitrogens is 4. The van der Waals surface area contributed by atoms with Crippen molar-refractivity contribution in [1.29, 1.82) is 0 Å². The molecule has 0 aliphatic rings. The van der Waals surface area contributed by atoms with Gasteiger partial charge in [0.1, 0.15) is 5.25 Å². The summed E-state index contributed by atoms with van der Waals surface area (Å²) in [6.07, 6.45) is 0. The molecule has 0 bridgehead atoms. The van der Waals surface area contributed by atoms with Crippen LogP contribution < -0.4 is 0 Å². The Morgan fingerprint density at radius 3 is 2.34 bits per heavy atom. The van der Waals surface area contributed by atoms with Crippen molar-refractivity contribution in [1.82, 2.24) is 24.5 Å². The first-order chi connectivity index (χ1) is 13.6. The van der Waals surface area contributed by atoms with Crippen LogP contribution in [0.25, 0.3) is 5.69 Å². The predicted molar refractivity (Wildman–Crippen MR) is 108 cm³/mol. The highest BCUT2D eigenvalue weighted by Gasteiger charge is 2.29. The van der Waals surface area contributed by atoms with Crippen molar-refractivity contribution in [3.63, 3.8) is 0 Å². The van der Waals surface area contributed by atoms with Crippen LogP contribution in [0.3, 0.4) is 0 Å². The molecule has 11 heteroatoms. The average molecular weight is 436 g/mol. The molecule has 0 saturated carbocycles. The van der Waals surface area contributed by atoms with Crippen molar-refractivity contribution >= 4 is 19.9 Å². The van der Waals surface area contributed by atoms with Gasteiger partial charge in [0.05, 0.1) is 16.3 Å². The highest BCUT2D eigenvalue weighted by atomic mass is 32.2. The van der Waals surface area contributed by atoms with Crippen LogP contribution in [0.5, 0.6) is 0 Å². The second-order valence-corrected chi connectivity index (χ2v) is 11.1. The van der Waals surface area contributed by atoms with E-state index in [2.05, 4.69) is 15.5 Å². The number of para-hydroxylation sites is 1. The molecule has 3 aromatic rings. The zero-order chi connectivity index (χ0) is 21.2. The Balaban J connectivity index is 1.91. The normalized spacial score (nSPS) is 13.5. The molecule has 0 N–H and O–H groups in total.